The van der Waals surface area contributed by atoms with Gasteiger partial charge in [0.2, 0.25) is 0 Å². The average Bonchev–Trinajstić information content (AvgIpc) is 2.29. The van der Waals surface area contributed by atoms with Gasteiger partial charge in [0.05, 0.1) is 12.7 Å². The van der Waals surface area contributed by atoms with E-state index in [9.17, 15) is 9.59 Å². The molecule has 4 nitrogen and oxygen atoms in total. The van der Waals surface area contributed by atoms with Crippen molar-refractivity contribution in [3.05, 3.63) is 30.2 Å². The topological polar surface area (TPSA) is 63.6 Å². The summed E-state index contributed by atoms with van der Waals surface area (Å²) in [6, 6.07) is 0. The first kappa shape index (κ1) is 15.2. The number of rotatable bonds is 8. The van der Waals surface area contributed by atoms with E-state index in [4.69, 9.17) is 9.84 Å². The Morgan fingerprint density at radius 1 is 1.35 bits per heavy atom. The Labute approximate surface area is 101 Å². The molecule has 0 radical (unpaired) electrons. The maximum Gasteiger partial charge on any atom is 0.310 e. The zero-order valence-corrected chi connectivity index (χ0v) is 10.0. The quantitative estimate of drug-likeness (QED) is 0.305. The minimum absolute atomic E-state index is 0.137. The highest BCUT2D eigenvalue weighted by molar-refractivity contribution is 5.70. The third-order valence-corrected chi connectivity index (χ3v) is 1.85. The number of hydrogen-bond acceptors (Lipinski definition) is 3. The highest BCUT2D eigenvalue weighted by atomic mass is 16.5. The van der Waals surface area contributed by atoms with E-state index in [1.165, 1.54) is 6.08 Å². The van der Waals surface area contributed by atoms with Crippen molar-refractivity contribution in [1.29, 1.82) is 0 Å². The summed E-state index contributed by atoms with van der Waals surface area (Å²) in [6.45, 7) is 1.90. The van der Waals surface area contributed by atoms with Crippen molar-refractivity contribution in [2.45, 2.75) is 39.0 Å². The van der Waals surface area contributed by atoms with Crippen LogP contribution in [0, 0.1) is 0 Å². The van der Waals surface area contributed by atoms with Gasteiger partial charge in [0.25, 0.3) is 0 Å². The predicted octanol–water partition coefficient (Wildman–Crippen LogP) is 2.81. The zero-order valence-electron chi connectivity index (χ0n) is 10.0. The van der Waals surface area contributed by atoms with Gasteiger partial charge in [-0.25, -0.2) is 0 Å². The number of carboxylic acid groups (broad SMARTS) is 1. The predicted molar refractivity (Wildman–Crippen MR) is 64.3 cm³/mol. The van der Waals surface area contributed by atoms with Crippen LogP contribution in [0.3, 0.4) is 0 Å². The molecule has 0 aliphatic rings. The zero-order chi connectivity index (χ0) is 12.9. The molecule has 0 aliphatic carbocycles. The number of esters is 1. The Morgan fingerprint density at radius 2 is 2.12 bits per heavy atom. The lowest BCUT2D eigenvalue weighted by Crippen LogP contribution is -1.99. The Bertz CT molecular complexity index is 322. The molecule has 17 heavy (non-hydrogen) atoms. The molecule has 0 atom stereocenters. The molecule has 0 rings (SSSR count). The third-order valence-electron chi connectivity index (χ3n) is 1.85. The summed E-state index contributed by atoms with van der Waals surface area (Å²) in [7, 11) is 0. The molecule has 1 N–H and O–H groups in total. The van der Waals surface area contributed by atoms with Crippen LogP contribution in [0.25, 0.3) is 0 Å². The van der Waals surface area contributed by atoms with Gasteiger partial charge in [0.15, 0.2) is 0 Å². The van der Waals surface area contributed by atoms with E-state index in [-0.39, 0.29) is 12.4 Å². The van der Waals surface area contributed by atoms with E-state index in [1.54, 1.807) is 0 Å². The van der Waals surface area contributed by atoms with Crippen LogP contribution in [0.2, 0.25) is 0 Å². The molecule has 0 aromatic heterocycles. The van der Waals surface area contributed by atoms with E-state index < -0.39 is 5.97 Å². The van der Waals surface area contributed by atoms with Crippen molar-refractivity contribution in [3.8, 4) is 0 Å². The van der Waals surface area contributed by atoms with Crippen molar-refractivity contribution in [3.63, 3.8) is 0 Å². The highest BCUT2D eigenvalue weighted by Crippen LogP contribution is 2.02. The fourth-order valence-electron chi connectivity index (χ4n) is 1.05. The summed E-state index contributed by atoms with van der Waals surface area (Å²) in [4.78, 5) is 21.3. The number of carbonyl (C=O) groups excluding carboxylic acids is 1. The Balaban J connectivity index is 3.50. The number of allylic oxidation sites excluding steroid dienone is 1. The van der Waals surface area contributed by atoms with Crippen molar-refractivity contribution in [2.75, 3.05) is 0 Å². The number of carboxylic acids is 1. The normalized spacial score (nSPS) is 9.71. The van der Waals surface area contributed by atoms with Crippen molar-refractivity contribution in [1.82, 2.24) is 0 Å². The largest absolute Gasteiger partial charge is 0.481 e. The Hall–Kier alpha value is -1.80. The molecule has 0 unspecified atom stereocenters. The second kappa shape index (κ2) is 10.7. The lowest BCUT2D eigenvalue weighted by Gasteiger charge is -1.97. The van der Waals surface area contributed by atoms with Crippen LogP contribution in [0.4, 0.5) is 0 Å². The van der Waals surface area contributed by atoms with Crippen molar-refractivity contribution < 1.29 is 19.4 Å². The summed E-state index contributed by atoms with van der Waals surface area (Å²) in [5.41, 5.74) is 2.96. The monoisotopic (exact) mass is 238 g/mol. The molecule has 0 aliphatic heterocycles. The second-order valence-corrected chi connectivity index (χ2v) is 3.36. The smallest absolute Gasteiger partial charge is 0.310 e. The van der Waals surface area contributed by atoms with E-state index >= 15 is 0 Å². The molecular weight excluding hydrogens is 220 g/mol. The Morgan fingerprint density at radius 3 is 2.76 bits per heavy atom. The van der Waals surface area contributed by atoms with Crippen LogP contribution < -0.4 is 0 Å². The fraction of sp³-hybridized carbons (Fsp3) is 0.462. The van der Waals surface area contributed by atoms with Crippen molar-refractivity contribution in [2.24, 2.45) is 0 Å². The van der Waals surface area contributed by atoms with E-state index in [2.05, 4.69) is 5.73 Å². The molecule has 0 spiro atoms. The molecule has 0 bridgehead atoms. The standard InChI is InChI=1S/C13H18O4/c1-2-3-4-5-6-7-10-13(16)17-11-8-9-12(14)15/h2,4,8,11H,5-7,9-10H2,1H3,(H,14,15). The lowest BCUT2D eigenvalue weighted by atomic mass is 10.2. The highest BCUT2D eigenvalue weighted by Gasteiger charge is 1.99. The molecule has 0 aromatic rings. The van der Waals surface area contributed by atoms with Gasteiger partial charge in [-0.3, -0.25) is 9.59 Å². The minimum atomic E-state index is -0.951. The first-order valence-electron chi connectivity index (χ1n) is 5.58. The molecule has 0 heterocycles. The molecular formula is C13H18O4. The van der Waals surface area contributed by atoms with Gasteiger partial charge in [-0.1, -0.05) is 0 Å². The Kier molecular flexibility index (Phi) is 9.58. The average molecular weight is 238 g/mol. The lowest BCUT2D eigenvalue weighted by molar-refractivity contribution is -0.139. The summed E-state index contributed by atoms with van der Waals surface area (Å²) in [6.07, 6.45) is 8.97. The van der Waals surface area contributed by atoms with E-state index in [0.29, 0.717) is 6.42 Å². The van der Waals surface area contributed by atoms with Crippen LogP contribution in [0.1, 0.15) is 39.0 Å². The minimum Gasteiger partial charge on any atom is -0.481 e. The third kappa shape index (κ3) is 12.1. The number of hydrogen-bond donors (Lipinski definition) is 1. The fourth-order valence-corrected chi connectivity index (χ4v) is 1.05. The summed E-state index contributed by atoms with van der Waals surface area (Å²) in [5.74, 6) is -1.28. The SMILES string of the molecule is CC=C=CCCCCC(=O)OC=CCC(=O)O. The van der Waals surface area contributed by atoms with Gasteiger partial charge in [-0.05, 0) is 44.4 Å². The van der Waals surface area contributed by atoms with E-state index in [1.807, 2.05) is 19.1 Å². The van der Waals surface area contributed by atoms with Crippen LogP contribution in [-0.4, -0.2) is 17.0 Å². The van der Waals surface area contributed by atoms with Gasteiger partial charge in [0.1, 0.15) is 0 Å². The molecule has 94 valence electrons. The maximum atomic E-state index is 11.1. The van der Waals surface area contributed by atoms with Crippen LogP contribution in [-0.2, 0) is 14.3 Å². The first-order valence-corrected chi connectivity index (χ1v) is 5.58. The number of aliphatic carboxylic acids is 1. The molecule has 0 saturated heterocycles. The summed E-state index contributed by atoms with van der Waals surface area (Å²) in [5, 5.41) is 8.32. The van der Waals surface area contributed by atoms with E-state index in [0.717, 1.165) is 25.5 Å². The van der Waals surface area contributed by atoms with Gasteiger partial charge >= 0.3 is 11.9 Å². The molecule has 4 heteroatoms. The molecule has 0 amide bonds. The molecule has 0 saturated carbocycles. The molecule has 0 fully saturated rings. The van der Waals surface area contributed by atoms with Crippen molar-refractivity contribution >= 4 is 11.9 Å². The number of ether oxygens (including phenoxy) is 1. The maximum absolute atomic E-state index is 11.1. The summed E-state index contributed by atoms with van der Waals surface area (Å²) < 4.78 is 4.71. The number of carbonyl (C=O) groups is 2. The van der Waals surface area contributed by atoms with Crippen LogP contribution in [0.5, 0.6) is 0 Å². The summed E-state index contributed by atoms with van der Waals surface area (Å²) >= 11 is 0. The van der Waals surface area contributed by atoms with Gasteiger partial charge in [-0.15, -0.1) is 5.73 Å². The van der Waals surface area contributed by atoms with Gasteiger partial charge in [-0.2, -0.15) is 0 Å². The number of unbranched alkanes of at least 4 members (excludes halogenated alkanes) is 2. The van der Waals surface area contributed by atoms with Crippen LogP contribution >= 0.6 is 0 Å². The van der Waals surface area contributed by atoms with Gasteiger partial charge in [0, 0.05) is 6.42 Å². The van der Waals surface area contributed by atoms with Crippen LogP contribution in [0.15, 0.2) is 30.2 Å². The first-order chi connectivity index (χ1) is 8.16. The molecule has 0 aromatic carbocycles. The van der Waals surface area contributed by atoms with Gasteiger partial charge < -0.3 is 9.84 Å². The second-order valence-electron chi connectivity index (χ2n) is 3.36.